The molecule has 3 rings (SSSR count). The van der Waals surface area contributed by atoms with Gasteiger partial charge in [0.05, 0.1) is 0 Å². The summed E-state index contributed by atoms with van der Waals surface area (Å²) in [5, 5.41) is 0. The zero-order valence-electron chi connectivity index (χ0n) is 10.6. The van der Waals surface area contributed by atoms with Gasteiger partial charge in [-0.05, 0) is 37.8 Å². The quantitative estimate of drug-likeness (QED) is 0.725. The molecule has 1 spiro atoms. The van der Waals surface area contributed by atoms with Crippen LogP contribution >= 0.6 is 15.9 Å². The lowest BCUT2D eigenvalue weighted by molar-refractivity contribution is -0.0324. The number of benzene rings is 1. The van der Waals surface area contributed by atoms with Crippen LogP contribution in [0.1, 0.15) is 37.7 Å². The summed E-state index contributed by atoms with van der Waals surface area (Å²) in [6.45, 7) is 1.78. The van der Waals surface area contributed by atoms with Gasteiger partial charge in [-0.2, -0.15) is 0 Å². The average Bonchev–Trinajstić information content (AvgIpc) is 2.86. The fraction of sp³-hybridized carbons (Fsp3) is 0.600. The molecular formula is C15H18BrFO. The van der Waals surface area contributed by atoms with Crippen LogP contribution < -0.4 is 4.74 Å². The van der Waals surface area contributed by atoms with Crippen molar-refractivity contribution in [2.75, 3.05) is 0 Å². The highest BCUT2D eigenvalue weighted by Gasteiger charge is 2.56. The highest BCUT2D eigenvalue weighted by Crippen LogP contribution is 2.57. The van der Waals surface area contributed by atoms with Crippen LogP contribution in [0.25, 0.3) is 0 Å². The number of rotatable bonds is 2. The fourth-order valence-corrected chi connectivity index (χ4v) is 4.49. The lowest BCUT2D eigenvalue weighted by Crippen LogP contribution is -2.55. The van der Waals surface area contributed by atoms with Gasteiger partial charge in [-0.15, -0.1) is 0 Å². The monoisotopic (exact) mass is 312 g/mol. The first-order valence-corrected chi connectivity index (χ1v) is 7.61. The Labute approximate surface area is 116 Å². The summed E-state index contributed by atoms with van der Waals surface area (Å²) in [5.41, 5.74) is 0.915. The van der Waals surface area contributed by atoms with Crippen LogP contribution in [0.5, 0.6) is 5.75 Å². The topological polar surface area (TPSA) is 9.23 Å². The van der Waals surface area contributed by atoms with Crippen LogP contribution in [0.3, 0.4) is 0 Å². The molecular weight excluding hydrogens is 295 g/mol. The Balaban J connectivity index is 1.79. The van der Waals surface area contributed by atoms with Crippen molar-refractivity contribution in [2.24, 2.45) is 5.41 Å². The van der Waals surface area contributed by atoms with Gasteiger partial charge in [0.2, 0.25) is 0 Å². The van der Waals surface area contributed by atoms with Crippen LogP contribution in [-0.4, -0.2) is 10.9 Å². The molecule has 0 heterocycles. The van der Waals surface area contributed by atoms with E-state index < -0.39 is 0 Å². The van der Waals surface area contributed by atoms with Crippen molar-refractivity contribution in [1.82, 2.24) is 0 Å². The molecule has 2 fully saturated rings. The molecule has 1 nitrogen and oxygen atoms in total. The first-order chi connectivity index (χ1) is 8.63. The van der Waals surface area contributed by atoms with Gasteiger partial charge in [0, 0.05) is 10.2 Å². The number of hydrogen-bond donors (Lipinski definition) is 0. The van der Waals surface area contributed by atoms with Crippen LogP contribution in [-0.2, 0) is 0 Å². The minimum atomic E-state index is -0.205. The molecule has 2 unspecified atom stereocenters. The average molecular weight is 313 g/mol. The molecule has 18 heavy (non-hydrogen) atoms. The second kappa shape index (κ2) is 4.52. The van der Waals surface area contributed by atoms with Crippen molar-refractivity contribution in [3.05, 3.63) is 29.6 Å². The second-order valence-corrected chi connectivity index (χ2v) is 6.74. The molecule has 98 valence electrons. The molecule has 1 aromatic carbocycles. The van der Waals surface area contributed by atoms with Gasteiger partial charge in [0.25, 0.3) is 0 Å². The Kier molecular flexibility index (Phi) is 3.13. The zero-order valence-corrected chi connectivity index (χ0v) is 12.2. The van der Waals surface area contributed by atoms with E-state index in [0.717, 1.165) is 6.42 Å². The molecule has 0 N–H and O–H groups in total. The molecule has 2 aliphatic rings. The Bertz CT molecular complexity index is 454. The predicted molar refractivity (Wildman–Crippen MR) is 73.8 cm³/mol. The molecule has 2 aliphatic carbocycles. The van der Waals surface area contributed by atoms with Crippen molar-refractivity contribution < 1.29 is 9.13 Å². The van der Waals surface area contributed by atoms with E-state index in [0.29, 0.717) is 16.1 Å². The summed E-state index contributed by atoms with van der Waals surface area (Å²) in [5.74, 6) is 0.217. The Morgan fingerprint density at radius 2 is 2.06 bits per heavy atom. The summed E-state index contributed by atoms with van der Waals surface area (Å²) in [6.07, 6.45) is 6.15. The third-order valence-electron chi connectivity index (χ3n) is 4.65. The number of hydrogen-bond acceptors (Lipinski definition) is 1. The van der Waals surface area contributed by atoms with E-state index in [1.54, 1.807) is 19.1 Å². The highest BCUT2D eigenvalue weighted by molar-refractivity contribution is 9.09. The molecule has 2 atom stereocenters. The largest absolute Gasteiger partial charge is 0.487 e. The van der Waals surface area contributed by atoms with Gasteiger partial charge in [-0.25, -0.2) is 4.39 Å². The van der Waals surface area contributed by atoms with E-state index in [1.165, 1.54) is 25.7 Å². The number of alkyl halides is 1. The predicted octanol–water partition coefficient (Wildman–Crippen LogP) is 4.61. The van der Waals surface area contributed by atoms with Crippen LogP contribution in [0.15, 0.2) is 18.2 Å². The minimum absolute atomic E-state index is 0.181. The zero-order chi connectivity index (χ0) is 12.8. The van der Waals surface area contributed by atoms with Gasteiger partial charge >= 0.3 is 0 Å². The van der Waals surface area contributed by atoms with E-state index in [2.05, 4.69) is 15.9 Å². The molecule has 0 radical (unpaired) electrons. The summed E-state index contributed by atoms with van der Waals surface area (Å²) < 4.78 is 19.9. The molecule has 3 heteroatoms. The number of aryl methyl sites for hydroxylation is 1. The van der Waals surface area contributed by atoms with E-state index >= 15 is 0 Å². The normalized spacial score (nSPS) is 29.3. The molecule has 2 saturated carbocycles. The van der Waals surface area contributed by atoms with E-state index in [4.69, 9.17) is 4.74 Å². The van der Waals surface area contributed by atoms with Crippen molar-refractivity contribution >= 4 is 15.9 Å². The summed E-state index contributed by atoms with van der Waals surface area (Å²) in [7, 11) is 0. The maximum Gasteiger partial charge on any atom is 0.167 e. The van der Waals surface area contributed by atoms with Crippen LogP contribution in [0.4, 0.5) is 4.39 Å². The van der Waals surface area contributed by atoms with Crippen molar-refractivity contribution in [3.8, 4) is 5.75 Å². The number of halogens is 2. The fourth-order valence-electron chi connectivity index (χ4n) is 3.40. The SMILES string of the molecule is Cc1cccc(OC2CC(Br)C23CCCC3)c1F. The Morgan fingerprint density at radius 3 is 2.72 bits per heavy atom. The number of ether oxygens (including phenoxy) is 1. The highest BCUT2D eigenvalue weighted by atomic mass is 79.9. The molecule has 0 amide bonds. The maximum absolute atomic E-state index is 14.0. The summed E-state index contributed by atoms with van der Waals surface area (Å²) in [6, 6.07) is 5.38. The smallest absolute Gasteiger partial charge is 0.167 e. The molecule has 0 saturated heterocycles. The maximum atomic E-state index is 14.0. The van der Waals surface area contributed by atoms with Gasteiger partial charge < -0.3 is 4.74 Å². The Morgan fingerprint density at radius 1 is 1.33 bits per heavy atom. The second-order valence-electron chi connectivity index (χ2n) is 5.64. The third-order valence-corrected chi connectivity index (χ3v) is 5.93. The molecule has 1 aromatic rings. The summed E-state index contributed by atoms with van der Waals surface area (Å²) in [4.78, 5) is 0.547. The molecule has 0 aliphatic heterocycles. The van der Waals surface area contributed by atoms with Crippen molar-refractivity contribution in [3.63, 3.8) is 0 Å². The van der Waals surface area contributed by atoms with Crippen molar-refractivity contribution in [1.29, 1.82) is 0 Å². The first-order valence-electron chi connectivity index (χ1n) is 6.69. The van der Waals surface area contributed by atoms with E-state index in [-0.39, 0.29) is 17.3 Å². The first kappa shape index (κ1) is 12.5. The standard InChI is InChI=1S/C15H18BrFO/c1-10-5-4-6-11(14(10)17)18-13-9-12(16)15(13)7-2-3-8-15/h4-6,12-13H,2-3,7-9H2,1H3. The van der Waals surface area contributed by atoms with Gasteiger partial charge in [0.15, 0.2) is 11.6 Å². The van der Waals surface area contributed by atoms with Gasteiger partial charge in [-0.3, -0.25) is 0 Å². The van der Waals surface area contributed by atoms with Crippen molar-refractivity contribution in [2.45, 2.75) is 50.0 Å². The molecule has 0 bridgehead atoms. The minimum Gasteiger partial charge on any atom is -0.487 e. The van der Waals surface area contributed by atoms with Crippen LogP contribution in [0, 0.1) is 18.2 Å². The molecule has 0 aromatic heterocycles. The van der Waals surface area contributed by atoms with Crippen LogP contribution in [0.2, 0.25) is 0 Å². The Hall–Kier alpha value is -0.570. The van der Waals surface area contributed by atoms with E-state index in [9.17, 15) is 4.39 Å². The van der Waals surface area contributed by atoms with E-state index in [1.807, 2.05) is 6.07 Å². The van der Waals surface area contributed by atoms with Gasteiger partial charge in [-0.1, -0.05) is 40.9 Å². The lowest BCUT2D eigenvalue weighted by Gasteiger charge is -2.51. The summed E-state index contributed by atoms with van der Waals surface area (Å²) >= 11 is 3.76. The lowest BCUT2D eigenvalue weighted by atomic mass is 9.64. The van der Waals surface area contributed by atoms with Gasteiger partial charge in [0.1, 0.15) is 6.10 Å². The third kappa shape index (κ3) is 1.78.